The molecule has 0 heterocycles. The molecule has 0 spiro atoms. The molecular formula is C23H24N2O3S. The summed E-state index contributed by atoms with van der Waals surface area (Å²) >= 11 is 0. The molecule has 1 amide bonds. The van der Waals surface area contributed by atoms with E-state index in [-0.39, 0.29) is 23.9 Å². The SMILES string of the molecule is Cc1cccc(CNC(=O)CN(Cc2ccccc2)S(=O)(=O)c2ccccc2)c1. The summed E-state index contributed by atoms with van der Waals surface area (Å²) in [6, 6.07) is 25.3. The third-order valence-electron chi connectivity index (χ3n) is 4.47. The van der Waals surface area contributed by atoms with Gasteiger partial charge in [-0.1, -0.05) is 78.4 Å². The smallest absolute Gasteiger partial charge is 0.243 e. The molecular weight excluding hydrogens is 384 g/mol. The number of nitrogens with zero attached hydrogens (tertiary/aromatic N) is 1. The number of rotatable bonds is 8. The van der Waals surface area contributed by atoms with Gasteiger partial charge >= 0.3 is 0 Å². The molecule has 0 aromatic heterocycles. The van der Waals surface area contributed by atoms with Gasteiger partial charge < -0.3 is 5.32 Å². The van der Waals surface area contributed by atoms with Gasteiger partial charge in [0.2, 0.25) is 15.9 Å². The van der Waals surface area contributed by atoms with Crippen LogP contribution in [0.5, 0.6) is 0 Å². The van der Waals surface area contributed by atoms with Crippen molar-refractivity contribution in [1.82, 2.24) is 9.62 Å². The number of hydrogen-bond donors (Lipinski definition) is 1. The fourth-order valence-corrected chi connectivity index (χ4v) is 4.40. The fourth-order valence-electron chi connectivity index (χ4n) is 2.99. The van der Waals surface area contributed by atoms with Crippen LogP contribution in [0.25, 0.3) is 0 Å². The van der Waals surface area contributed by atoms with Crippen molar-refractivity contribution >= 4 is 15.9 Å². The summed E-state index contributed by atoms with van der Waals surface area (Å²) in [6.45, 7) is 2.21. The summed E-state index contributed by atoms with van der Waals surface area (Å²) in [4.78, 5) is 12.7. The highest BCUT2D eigenvalue weighted by atomic mass is 32.2. The van der Waals surface area contributed by atoms with Crippen LogP contribution < -0.4 is 5.32 Å². The zero-order valence-corrected chi connectivity index (χ0v) is 17.1. The van der Waals surface area contributed by atoms with Crippen LogP contribution in [-0.2, 0) is 27.9 Å². The average molecular weight is 409 g/mol. The Kier molecular flexibility index (Phi) is 6.80. The van der Waals surface area contributed by atoms with Gasteiger partial charge in [0.15, 0.2) is 0 Å². The molecule has 0 unspecified atom stereocenters. The summed E-state index contributed by atoms with van der Waals surface area (Å²) in [5.74, 6) is -0.345. The van der Waals surface area contributed by atoms with E-state index in [4.69, 9.17) is 0 Å². The van der Waals surface area contributed by atoms with Crippen molar-refractivity contribution in [2.45, 2.75) is 24.9 Å². The van der Waals surface area contributed by atoms with Gasteiger partial charge in [-0.3, -0.25) is 4.79 Å². The first kappa shape index (κ1) is 20.8. The number of aryl methyl sites for hydroxylation is 1. The number of nitrogens with one attached hydrogen (secondary N) is 1. The monoisotopic (exact) mass is 408 g/mol. The summed E-state index contributed by atoms with van der Waals surface area (Å²) in [5.41, 5.74) is 2.89. The Morgan fingerprint density at radius 1 is 0.862 bits per heavy atom. The zero-order chi connectivity index (χ0) is 20.7. The van der Waals surface area contributed by atoms with E-state index in [0.29, 0.717) is 6.54 Å². The third-order valence-corrected chi connectivity index (χ3v) is 6.28. The van der Waals surface area contributed by atoms with Crippen LogP contribution in [0.15, 0.2) is 89.8 Å². The zero-order valence-electron chi connectivity index (χ0n) is 16.3. The van der Waals surface area contributed by atoms with Crippen LogP contribution in [0.3, 0.4) is 0 Å². The second-order valence-corrected chi connectivity index (χ2v) is 8.78. The minimum Gasteiger partial charge on any atom is -0.351 e. The lowest BCUT2D eigenvalue weighted by molar-refractivity contribution is -0.121. The Morgan fingerprint density at radius 2 is 1.48 bits per heavy atom. The first-order valence-corrected chi connectivity index (χ1v) is 10.8. The molecule has 0 aliphatic heterocycles. The van der Waals surface area contributed by atoms with Crippen molar-refractivity contribution in [2.75, 3.05) is 6.54 Å². The van der Waals surface area contributed by atoms with Crippen LogP contribution in [-0.4, -0.2) is 25.2 Å². The van der Waals surface area contributed by atoms with Gasteiger partial charge in [0.1, 0.15) is 0 Å². The molecule has 0 aliphatic rings. The quantitative estimate of drug-likeness (QED) is 0.620. The number of carbonyl (C=O) groups is 1. The summed E-state index contributed by atoms with van der Waals surface area (Å²) in [5, 5.41) is 2.82. The second kappa shape index (κ2) is 9.49. The molecule has 3 aromatic rings. The minimum absolute atomic E-state index is 0.121. The van der Waals surface area contributed by atoms with E-state index < -0.39 is 10.0 Å². The number of amides is 1. The van der Waals surface area contributed by atoms with Crippen LogP contribution in [0.1, 0.15) is 16.7 Å². The fraction of sp³-hybridized carbons (Fsp3) is 0.174. The van der Waals surface area contributed by atoms with Gasteiger partial charge in [-0.25, -0.2) is 8.42 Å². The standard InChI is InChI=1S/C23H24N2O3S/c1-19-9-8-12-21(15-19)16-24-23(26)18-25(17-20-10-4-2-5-11-20)29(27,28)22-13-6-3-7-14-22/h2-15H,16-18H2,1H3,(H,24,26). The van der Waals surface area contributed by atoms with Crippen LogP contribution in [0, 0.1) is 6.92 Å². The Bertz CT molecular complexity index is 1050. The second-order valence-electron chi connectivity index (χ2n) is 6.84. The van der Waals surface area contributed by atoms with E-state index >= 15 is 0 Å². The lowest BCUT2D eigenvalue weighted by atomic mass is 10.1. The van der Waals surface area contributed by atoms with Gasteiger partial charge in [-0.2, -0.15) is 4.31 Å². The van der Waals surface area contributed by atoms with Gasteiger partial charge in [0, 0.05) is 13.1 Å². The highest BCUT2D eigenvalue weighted by Crippen LogP contribution is 2.18. The van der Waals surface area contributed by atoms with E-state index in [1.54, 1.807) is 18.2 Å². The van der Waals surface area contributed by atoms with Crippen molar-refractivity contribution in [3.8, 4) is 0 Å². The summed E-state index contributed by atoms with van der Waals surface area (Å²) in [7, 11) is -3.81. The van der Waals surface area contributed by atoms with E-state index in [9.17, 15) is 13.2 Å². The Balaban J connectivity index is 1.76. The molecule has 5 nitrogen and oxygen atoms in total. The molecule has 0 aliphatic carbocycles. The lowest BCUT2D eigenvalue weighted by Crippen LogP contribution is -2.40. The van der Waals surface area contributed by atoms with Crippen LogP contribution in [0.4, 0.5) is 0 Å². The van der Waals surface area contributed by atoms with Crippen molar-refractivity contribution in [2.24, 2.45) is 0 Å². The number of benzene rings is 3. The molecule has 1 N–H and O–H groups in total. The van der Waals surface area contributed by atoms with Gasteiger partial charge in [-0.05, 0) is 30.2 Å². The van der Waals surface area contributed by atoms with E-state index in [1.165, 1.54) is 16.4 Å². The van der Waals surface area contributed by atoms with Gasteiger partial charge in [0.05, 0.1) is 11.4 Å². The highest BCUT2D eigenvalue weighted by molar-refractivity contribution is 7.89. The molecule has 0 saturated heterocycles. The number of carbonyl (C=O) groups excluding carboxylic acids is 1. The minimum atomic E-state index is -3.81. The maximum absolute atomic E-state index is 13.1. The maximum atomic E-state index is 13.1. The first-order valence-electron chi connectivity index (χ1n) is 9.36. The van der Waals surface area contributed by atoms with Crippen molar-refractivity contribution < 1.29 is 13.2 Å². The Morgan fingerprint density at radius 3 is 2.14 bits per heavy atom. The number of hydrogen-bond acceptors (Lipinski definition) is 3. The maximum Gasteiger partial charge on any atom is 0.243 e. The molecule has 0 fully saturated rings. The van der Waals surface area contributed by atoms with E-state index in [0.717, 1.165) is 16.7 Å². The molecule has 3 aromatic carbocycles. The average Bonchev–Trinajstić information content (AvgIpc) is 2.73. The van der Waals surface area contributed by atoms with Crippen LogP contribution in [0.2, 0.25) is 0 Å². The molecule has 29 heavy (non-hydrogen) atoms. The topological polar surface area (TPSA) is 66.5 Å². The third kappa shape index (κ3) is 5.76. The predicted octanol–water partition coefficient (Wildman–Crippen LogP) is 3.50. The van der Waals surface area contributed by atoms with E-state index in [1.807, 2.05) is 61.5 Å². The summed E-state index contributed by atoms with van der Waals surface area (Å²) in [6.07, 6.45) is 0. The molecule has 6 heteroatoms. The molecule has 0 atom stereocenters. The van der Waals surface area contributed by atoms with Crippen LogP contribution >= 0.6 is 0 Å². The van der Waals surface area contributed by atoms with Crippen molar-refractivity contribution in [3.05, 3.63) is 102 Å². The number of sulfonamides is 1. The van der Waals surface area contributed by atoms with E-state index in [2.05, 4.69) is 5.32 Å². The lowest BCUT2D eigenvalue weighted by Gasteiger charge is -2.22. The van der Waals surface area contributed by atoms with Crippen molar-refractivity contribution in [1.29, 1.82) is 0 Å². The molecule has 0 bridgehead atoms. The first-order chi connectivity index (χ1) is 13.9. The normalized spacial score (nSPS) is 11.4. The predicted molar refractivity (Wildman–Crippen MR) is 114 cm³/mol. The molecule has 0 saturated carbocycles. The summed E-state index contributed by atoms with van der Waals surface area (Å²) < 4.78 is 27.5. The highest BCUT2D eigenvalue weighted by Gasteiger charge is 2.26. The van der Waals surface area contributed by atoms with Crippen molar-refractivity contribution in [3.63, 3.8) is 0 Å². The molecule has 0 radical (unpaired) electrons. The Hall–Kier alpha value is -2.96. The largest absolute Gasteiger partial charge is 0.351 e. The molecule has 3 rings (SSSR count). The van der Waals surface area contributed by atoms with Gasteiger partial charge in [-0.15, -0.1) is 0 Å². The Labute approximate surface area is 172 Å². The molecule has 150 valence electrons. The van der Waals surface area contributed by atoms with Gasteiger partial charge in [0.25, 0.3) is 0 Å².